The summed E-state index contributed by atoms with van der Waals surface area (Å²) in [5, 5.41) is 15.5. The minimum absolute atomic E-state index is 0.0202. The van der Waals surface area contributed by atoms with Crippen LogP contribution < -0.4 is 10.6 Å². The Morgan fingerprint density at radius 2 is 2.19 bits per heavy atom. The second-order valence-electron chi connectivity index (χ2n) is 4.11. The maximum Gasteiger partial charge on any atom is 0.230 e. The quantitative estimate of drug-likeness (QED) is 0.709. The van der Waals surface area contributed by atoms with Gasteiger partial charge in [-0.25, -0.2) is 0 Å². The molecule has 1 atom stereocenters. The van der Waals surface area contributed by atoms with Crippen molar-refractivity contribution in [3.63, 3.8) is 0 Å². The minimum atomic E-state index is -0.573. The zero-order valence-corrected chi connectivity index (χ0v) is 9.23. The van der Waals surface area contributed by atoms with Gasteiger partial charge in [0.2, 0.25) is 5.91 Å². The molecule has 1 amide bonds. The van der Waals surface area contributed by atoms with Gasteiger partial charge in [0.1, 0.15) is 0 Å². The van der Waals surface area contributed by atoms with Gasteiger partial charge in [-0.05, 0) is 13.0 Å². The van der Waals surface area contributed by atoms with E-state index < -0.39 is 6.10 Å². The summed E-state index contributed by atoms with van der Waals surface area (Å²) >= 11 is 0. The van der Waals surface area contributed by atoms with E-state index >= 15 is 0 Å². The van der Waals surface area contributed by atoms with Gasteiger partial charge >= 0.3 is 0 Å². The Morgan fingerprint density at radius 1 is 1.50 bits per heavy atom. The van der Waals surface area contributed by atoms with E-state index in [0.717, 1.165) is 18.7 Å². The lowest BCUT2D eigenvalue weighted by atomic mass is 10.0. The van der Waals surface area contributed by atoms with Gasteiger partial charge in [-0.1, -0.05) is 18.2 Å². The Bertz CT molecular complexity index is 386. The fraction of sp³-hybridized carbons (Fsp3) is 0.417. The summed E-state index contributed by atoms with van der Waals surface area (Å²) in [5.74, 6) is 0.0777. The van der Waals surface area contributed by atoms with E-state index in [0.29, 0.717) is 5.69 Å². The zero-order valence-electron chi connectivity index (χ0n) is 9.23. The summed E-state index contributed by atoms with van der Waals surface area (Å²) in [5.41, 5.74) is 1.46. The van der Waals surface area contributed by atoms with E-state index in [1.54, 1.807) is 6.92 Å². The molecule has 1 saturated heterocycles. The van der Waals surface area contributed by atoms with Gasteiger partial charge in [-0.3, -0.25) is 4.79 Å². The molecular formula is C12H16N2O2. The topological polar surface area (TPSA) is 61.4 Å². The maximum atomic E-state index is 11.7. The van der Waals surface area contributed by atoms with Gasteiger partial charge in [-0.15, -0.1) is 0 Å². The van der Waals surface area contributed by atoms with Crippen LogP contribution >= 0.6 is 0 Å². The second-order valence-corrected chi connectivity index (χ2v) is 4.11. The highest BCUT2D eigenvalue weighted by molar-refractivity contribution is 5.94. The zero-order chi connectivity index (χ0) is 11.5. The van der Waals surface area contributed by atoms with Crippen LogP contribution in [0.15, 0.2) is 24.3 Å². The summed E-state index contributed by atoms with van der Waals surface area (Å²) < 4.78 is 0. The second kappa shape index (κ2) is 4.63. The maximum absolute atomic E-state index is 11.7. The molecule has 1 heterocycles. The van der Waals surface area contributed by atoms with Crippen LogP contribution in [0.4, 0.5) is 5.69 Å². The first kappa shape index (κ1) is 11.1. The first-order chi connectivity index (χ1) is 7.68. The number of carbonyl (C=O) groups is 1. The standard InChI is InChI=1S/C12H16N2O2/c1-8(15)10-4-2-3-5-11(10)14-12(16)9-6-13-7-9/h2-5,8-9,13,15H,6-7H2,1H3,(H,14,16). The molecule has 2 rings (SSSR count). The van der Waals surface area contributed by atoms with E-state index in [9.17, 15) is 9.90 Å². The molecule has 1 unspecified atom stereocenters. The van der Waals surface area contributed by atoms with Crippen molar-refractivity contribution in [2.24, 2.45) is 5.92 Å². The van der Waals surface area contributed by atoms with Crippen LogP contribution in [0.1, 0.15) is 18.6 Å². The molecule has 0 aromatic heterocycles. The third-order valence-corrected chi connectivity index (χ3v) is 2.82. The highest BCUT2D eigenvalue weighted by Gasteiger charge is 2.25. The SMILES string of the molecule is CC(O)c1ccccc1NC(=O)C1CNC1. The average molecular weight is 220 g/mol. The summed E-state index contributed by atoms with van der Waals surface area (Å²) in [4.78, 5) is 11.7. The van der Waals surface area contributed by atoms with Crippen LogP contribution in [-0.4, -0.2) is 24.1 Å². The molecule has 0 bridgehead atoms. The number of rotatable bonds is 3. The molecule has 0 saturated carbocycles. The first-order valence-corrected chi connectivity index (χ1v) is 5.47. The number of nitrogens with one attached hydrogen (secondary N) is 2. The number of aliphatic hydroxyl groups is 1. The molecule has 86 valence electrons. The van der Waals surface area contributed by atoms with Gasteiger partial charge in [0.25, 0.3) is 0 Å². The Labute approximate surface area is 94.7 Å². The van der Waals surface area contributed by atoms with Gasteiger partial charge in [-0.2, -0.15) is 0 Å². The van der Waals surface area contributed by atoms with Gasteiger partial charge in [0, 0.05) is 24.3 Å². The molecule has 1 aromatic rings. The van der Waals surface area contributed by atoms with Crippen LogP contribution in [0.25, 0.3) is 0 Å². The Balaban J connectivity index is 2.10. The van der Waals surface area contributed by atoms with E-state index in [2.05, 4.69) is 10.6 Å². The highest BCUT2D eigenvalue weighted by atomic mass is 16.3. The Morgan fingerprint density at radius 3 is 2.75 bits per heavy atom. The molecule has 16 heavy (non-hydrogen) atoms. The fourth-order valence-electron chi connectivity index (χ4n) is 1.68. The van der Waals surface area contributed by atoms with E-state index in [1.165, 1.54) is 0 Å². The van der Waals surface area contributed by atoms with Crippen molar-refractivity contribution >= 4 is 11.6 Å². The predicted molar refractivity (Wildman–Crippen MR) is 62.1 cm³/mol. The van der Waals surface area contributed by atoms with Crippen LogP contribution in [0.2, 0.25) is 0 Å². The van der Waals surface area contributed by atoms with Gasteiger partial charge < -0.3 is 15.7 Å². The van der Waals surface area contributed by atoms with Crippen LogP contribution in [0.5, 0.6) is 0 Å². The van der Waals surface area contributed by atoms with E-state index in [4.69, 9.17) is 0 Å². The number of carbonyl (C=O) groups excluding carboxylic acids is 1. The van der Waals surface area contributed by atoms with Gasteiger partial charge in [0.15, 0.2) is 0 Å². The van der Waals surface area contributed by atoms with E-state index in [1.807, 2.05) is 24.3 Å². The van der Waals surface area contributed by atoms with E-state index in [-0.39, 0.29) is 11.8 Å². The molecule has 1 aromatic carbocycles. The van der Waals surface area contributed by atoms with Crippen molar-refractivity contribution < 1.29 is 9.90 Å². The third-order valence-electron chi connectivity index (χ3n) is 2.82. The molecule has 4 nitrogen and oxygen atoms in total. The van der Waals surface area contributed by atoms with Gasteiger partial charge in [0.05, 0.1) is 12.0 Å². The molecular weight excluding hydrogens is 204 g/mol. The van der Waals surface area contributed by atoms with Crippen LogP contribution in [-0.2, 0) is 4.79 Å². The number of anilines is 1. The fourth-order valence-corrected chi connectivity index (χ4v) is 1.68. The molecule has 1 aliphatic rings. The number of hydrogen-bond acceptors (Lipinski definition) is 3. The lowest BCUT2D eigenvalue weighted by Gasteiger charge is -2.26. The molecule has 0 aliphatic carbocycles. The number of para-hydroxylation sites is 1. The number of amides is 1. The first-order valence-electron chi connectivity index (χ1n) is 5.47. The number of aliphatic hydroxyl groups excluding tert-OH is 1. The third kappa shape index (κ3) is 2.23. The lowest BCUT2D eigenvalue weighted by Crippen LogP contribution is -2.48. The lowest BCUT2D eigenvalue weighted by molar-refractivity contribution is -0.121. The smallest absolute Gasteiger partial charge is 0.230 e. The van der Waals surface area contributed by atoms with Crippen molar-refractivity contribution in [3.8, 4) is 0 Å². The Kier molecular flexibility index (Phi) is 3.22. The summed E-state index contributed by atoms with van der Waals surface area (Å²) in [6.45, 7) is 3.17. The normalized spacial score (nSPS) is 17.6. The molecule has 3 N–H and O–H groups in total. The molecule has 4 heteroatoms. The monoisotopic (exact) mass is 220 g/mol. The summed E-state index contributed by atoms with van der Waals surface area (Å²) in [6, 6.07) is 7.33. The van der Waals surface area contributed by atoms with Crippen LogP contribution in [0.3, 0.4) is 0 Å². The van der Waals surface area contributed by atoms with Crippen molar-refractivity contribution in [2.75, 3.05) is 18.4 Å². The van der Waals surface area contributed by atoms with Crippen molar-refractivity contribution in [1.29, 1.82) is 0 Å². The molecule has 1 aliphatic heterocycles. The number of hydrogen-bond donors (Lipinski definition) is 3. The molecule has 1 fully saturated rings. The van der Waals surface area contributed by atoms with Crippen molar-refractivity contribution in [3.05, 3.63) is 29.8 Å². The van der Waals surface area contributed by atoms with Crippen molar-refractivity contribution in [1.82, 2.24) is 5.32 Å². The Hall–Kier alpha value is -1.39. The largest absolute Gasteiger partial charge is 0.389 e. The molecule has 0 spiro atoms. The highest BCUT2D eigenvalue weighted by Crippen LogP contribution is 2.22. The average Bonchev–Trinajstić information content (AvgIpc) is 2.15. The summed E-state index contributed by atoms with van der Waals surface area (Å²) in [7, 11) is 0. The summed E-state index contributed by atoms with van der Waals surface area (Å²) in [6.07, 6.45) is -0.573. The molecule has 0 radical (unpaired) electrons. The van der Waals surface area contributed by atoms with Crippen LogP contribution in [0, 0.1) is 5.92 Å². The minimum Gasteiger partial charge on any atom is -0.389 e. The number of benzene rings is 1. The van der Waals surface area contributed by atoms with Crippen molar-refractivity contribution in [2.45, 2.75) is 13.0 Å². The predicted octanol–water partition coefficient (Wildman–Crippen LogP) is 0.898.